The molecular weight excluding hydrogens is 543 g/mol. The highest BCUT2D eigenvalue weighted by molar-refractivity contribution is 7.90. The number of benzene rings is 2. The highest BCUT2D eigenvalue weighted by Gasteiger charge is 2.54. The summed E-state index contributed by atoms with van der Waals surface area (Å²) in [6, 6.07) is 11.5. The summed E-state index contributed by atoms with van der Waals surface area (Å²) in [6.07, 6.45) is -5.05. The lowest BCUT2D eigenvalue weighted by Gasteiger charge is -2.45. The number of sulfonamides is 1. The highest BCUT2D eigenvalue weighted by atomic mass is 32.2. The van der Waals surface area contributed by atoms with Crippen LogP contribution in [-0.2, 0) is 20.4 Å². The molecule has 13 heteroatoms. The standard InChI is InChI=1S/C25H32F3N3O5S2/c1-18-16-36-13-12-29(18)14-21-15-30(38(34,35)23-5-3-2-4-22(23)37)10-11-31(21)20-8-6-19(7-9-20)24(33,17-32)25(26,27)28/h2-9,18,21,32-33,37H,10-17H2,1H3/t18-,21-,24-/m0/s1. The maximum absolute atomic E-state index is 13.5. The number of halogens is 3. The Morgan fingerprint density at radius 1 is 1.08 bits per heavy atom. The summed E-state index contributed by atoms with van der Waals surface area (Å²) >= 11 is 4.33. The fraction of sp³-hybridized carbons (Fsp3) is 0.520. The molecule has 0 bridgehead atoms. The van der Waals surface area contributed by atoms with Gasteiger partial charge in [-0.25, -0.2) is 8.42 Å². The van der Waals surface area contributed by atoms with Crippen LogP contribution in [0.4, 0.5) is 18.9 Å². The van der Waals surface area contributed by atoms with Crippen molar-refractivity contribution in [3.63, 3.8) is 0 Å². The van der Waals surface area contributed by atoms with E-state index in [2.05, 4.69) is 17.5 Å². The maximum atomic E-state index is 13.5. The third-order valence-electron chi connectivity index (χ3n) is 7.25. The molecule has 2 aromatic carbocycles. The van der Waals surface area contributed by atoms with Crippen molar-refractivity contribution < 1.29 is 36.5 Å². The molecule has 2 saturated heterocycles. The number of aliphatic hydroxyl groups is 2. The van der Waals surface area contributed by atoms with Crippen LogP contribution in [0.3, 0.4) is 0 Å². The average Bonchev–Trinajstić information content (AvgIpc) is 2.89. The number of aliphatic hydroxyl groups excluding tert-OH is 1. The number of anilines is 1. The van der Waals surface area contributed by atoms with Gasteiger partial charge in [-0.15, -0.1) is 12.6 Å². The van der Waals surface area contributed by atoms with Crippen molar-refractivity contribution in [1.29, 1.82) is 0 Å². The van der Waals surface area contributed by atoms with Crippen LogP contribution in [0.2, 0.25) is 0 Å². The van der Waals surface area contributed by atoms with Gasteiger partial charge in [0.25, 0.3) is 0 Å². The van der Waals surface area contributed by atoms with Gasteiger partial charge >= 0.3 is 6.18 Å². The molecule has 8 nitrogen and oxygen atoms in total. The molecule has 0 spiro atoms. The molecule has 0 amide bonds. The molecule has 2 heterocycles. The molecule has 210 valence electrons. The van der Waals surface area contributed by atoms with E-state index in [0.717, 1.165) is 12.1 Å². The Bertz CT molecular complexity index is 1220. The van der Waals surface area contributed by atoms with Crippen molar-refractivity contribution >= 4 is 28.3 Å². The van der Waals surface area contributed by atoms with E-state index >= 15 is 0 Å². The summed E-state index contributed by atoms with van der Waals surface area (Å²) in [7, 11) is -3.83. The summed E-state index contributed by atoms with van der Waals surface area (Å²) in [5.74, 6) is 0. The molecule has 2 aliphatic heterocycles. The largest absolute Gasteiger partial charge is 0.423 e. The molecular formula is C25H32F3N3O5S2. The number of ether oxygens (including phenoxy) is 1. The molecule has 0 radical (unpaired) electrons. The second-order valence-corrected chi connectivity index (χ2v) is 12.0. The lowest BCUT2D eigenvalue weighted by molar-refractivity contribution is -0.277. The summed E-state index contributed by atoms with van der Waals surface area (Å²) in [4.78, 5) is 4.67. The molecule has 3 atom stereocenters. The predicted molar refractivity (Wildman–Crippen MR) is 139 cm³/mol. The third-order valence-corrected chi connectivity index (χ3v) is 9.72. The Hall–Kier alpha value is -1.87. The average molecular weight is 576 g/mol. The molecule has 38 heavy (non-hydrogen) atoms. The van der Waals surface area contributed by atoms with Crippen LogP contribution in [0.5, 0.6) is 0 Å². The van der Waals surface area contributed by atoms with Crippen molar-refractivity contribution in [2.45, 2.75) is 40.6 Å². The molecule has 2 fully saturated rings. The van der Waals surface area contributed by atoms with Crippen molar-refractivity contribution in [2.75, 3.05) is 57.4 Å². The zero-order chi connectivity index (χ0) is 27.7. The topological polar surface area (TPSA) is 93.6 Å². The van der Waals surface area contributed by atoms with Crippen LogP contribution >= 0.6 is 12.6 Å². The van der Waals surface area contributed by atoms with Crippen LogP contribution < -0.4 is 4.90 Å². The summed E-state index contributed by atoms with van der Waals surface area (Å²) in [5, 5.41) is 19.4. The van der Waals surface area contributed by atoms with Gasteiger partial charge in [0.05, 0.1) is 30.8 Å². The van der Waals surface area contributed by atoms with Gasteiger partial charge in [0.1, 0.15) is 0 Å². The minimum atomic E-state index is -5.05. The molecule has 2 N–H and O–H groups in total. The molecule has 0 aromatic heterocycles. The second-order valence-electron chi connectivity index (χ2n) is 9.66. The van der Waals surface area contributed by atoms with E-state index in [-0.39, 0.29) is 30.1 Å². The van der Waals surface area contributed by atoms with E-state index in [4.69, 9.17) is 4.74 Å². The molecule has 0 unspecified atom stereocenters. The van der Waals surface area contributed by atoms with E-state index in [0.29, 0.717) is 43.4 Å². The molecule has 2 aromatic rings. The summed E-state index contributed by atoms with van der Waals surface area (Å²) in [6.45, 7) is 3.46. The Kier molecular flexibility index (Phi) is 8.67. The van der Waals surface area contributed by atoms with Crippen molar-refractivity contribution in [2.24, 2.45) is 0 Å². The number of morpholine rings is 1. The number of rotatable bonds is 7. The third kappa shape index (κ3) is 5.69. The Morgan fingerprint density at radius 2 is 1.76 bits per heavy atom. The lowest BCUT2D eigenvalue weighted by atomic mass is 9.93. The Labute approximate surface area is 226 Å². The van der Waals surface area contributed by atoms with Gasteiger partial charge in [0.2, 0.25) is 15.6 Å². The fourth-order valence-electron chi connectivity index (χ4n) is 4.93. The molecule has 4 rings (SSSR count). The van der Waals surface area contributed by atoms with Gasteiger partial charge in [-0.2, -0.15) is 17.5 Å². The van der Waals surface area contributed by atoms with Crippen molar-refractivity contribution in [3.8, 4) is 0 Å². The minimum absolute atomic E-state index is 0.115. The number of piperazine rings is 1. The van der Waals surface area contributed by atoms with Crippen molar-refractivity contribution in [1.82, 2.24) is 9.21 Å². The van der Waals surface area contributed by atoms with Gasteiger partial charge in [-0.1, -0.05) is 24.3 Å². The first-order chi connectivity index (χ1) is 17.9. The number of alkyl halides is 3. The number of hydrogen-bond donors (Lipinski definition) is 3. The first kappa shape index (κ1) is 29.1. The van der Waals surface area contributed by atoms with Crippen LogP contribution in [0, 0.1) is 0 Å². The van der Waals surface area contributed by atoms with E-state index in [9.17, 15) is 31.8 Å². The van der Waals surface area contributed by atoms with Gasteiger partial charge < -0.3 is 19.8 Å². The second kappa shape index (κ2) is 11.3. The normalized spacial score (nSPS) is 23.8. The van der Waals surface area contributed by atoms with E-state index < -0.39 is 34.0 Å². The fourth-order valence-corrected chi connectivity index (χ4v) is 6.99. The quantitative estimate of drug-likeness (QED) is 0.437. The zero-order valence-corrected chi connectivity index (χ0v) is 22.6. The van der Waals surface area contributed by atoms with Crippen LogP contribution in [0.15, 0.2) is 58.3 Å². The zero-order valence-electron chi connectivity index (χ0n) is 20.9. The summed E-state index contributed by atoms with van der Waals surface area (Å²) in [5.41, 5.74) is -3.25. The number of hydrogen-bond acceptors (Lipinski definition) is 8. The predicted octanol–water partition coefficient (Wildman–Crippen LogP) is 2.32. The van der Waals surface area contributed by atoms with Gasteiger partial charge in [0.15, 0.2) is 0 Å². The SMILES string of the molecule is C[C@H]1COCCN1C[C@H]1CN(S(=O)(=O)c2ccccc2S)CCN1c1ccc([C@@](O)(CO)C(F)(F)F)cc1. The molecule has 2 aliphatic rings. The molecule has 0 saturated carbocycles. The van der Waals surface area contributed by atoms with Crippen LogP contribution in [0.1, 0.15) is 12.5 Å². The smallest absolute Gasteiger partial charge is 0.393 e. The number of nitrogens with zero attached hydrogens (tertiary/aromatic N) is 3. The van der Waals surface area contributed by atoms with E-state index in [1.54, 1.807) is 18.2 Å². The van der Waals surface area contributed by atoms with E-state index in [1.165, 1.54) is 22.5 Å². The van der Waals surface area contributed by atoms with Gasteiger partial charge in [-0.05, 0) is 36.8 Å². The van der Waals surface area contributed by atoms with Gasteiger partial charge in [0, 0.05) is 49.3 Å². The monoisotopic (exact) mass is 575 g/mol. The Balaban J connectivity index is 1.63. The first-order valence-electron chi connectivity index (χ1n) is 12.3. The van der Waals surface area contributed by atoms with Crippen LogP contribution in [-0.4, -0.2) is 98.6 Å². The highest BCUT2D eigenvalue weighted by Crippen LogP contribution is 2.39. The number of thiol groups is 1. The first-order valence-corrected chi connectivity index (χ1v) is 14.1. The van der Waals surface area contributed by atoms with Crippen molar-refractivity contribution in [3.05, 3.63) is 54.1 Å². The van der Waals surface area contributed by atoms with Crippen LogP contribution in [0.25, 0.3) is 0 Å². The lowest BCUT2D eigenvalue weighted by Crippen LogP contribution is -2.60. The molecule has 0 aliphatic carbocycles. The van der Waals surface area contributed by atoms with Gasteiger partial charge in [-0.3, -0.25) is 4.90 Å². The Morgan fingerprint density at radius 3 is 2.37 bits per heavy atom. The minimum Gasteiger partial charge on any atom is -0.393 e. The van der Waals surface area contributed by atoms with E-state index in [1.807, 2.05) is 11.8 Å². The maximum Gasteiger partial charge on any atom is 0.423 e. The summed E-state index contributed by atoms with van der Waals surface area (Å²) < 4.78 is 74.2.